The predicted octanol–water partition coefficient (Wildman–Crippen LogP) is 15.2. The van der Waals surface area contributed by atoms with Gasteiger partial charge in [-0.15, -0.1) is 0 Å². The van der Waals surface area contributed by atoms with Gasteiger partial charge in [0, 0.05) is 11.1 Å². The summed E-state index contributed by atoms with van der Waals surface area (Å²) in [6, 6.07) is 29.5. The molecule has 0 radical (unpaired) electrons. The zero-order valence-electron chi connectivity index (χ0n) is 33.3. The van der Waals surface area contributed by atoms with E-state index in [0.29, 0.717) is 6.42 Å². The summed E-state index contributed by atoms with van der Waals surface area (Å²) in [4.78, 5) is 5.39. The number of hydrogen-bond acceptors (Lipinski definition) is 1. The van der Waals surface area contributed by atoms with E-state index in [4.69, 9.17) is 4.98 Å². The van der Waals surface area contributed by atoms with Crippen molar-refractivity contribution in [2.75, 3.05) is 0 Å². The van der Waals surface area contributed by atoms with E-state index in [9.17, 15) is 0 Å². The summed E-state index contributed by atoms with van der Waals surface area (Å²) < 4.78 is 0. The Morgan fingerprint density at radius 2 is 1.46 bits per heavy atom. The van der Waals surface area contributed by atoms with Gasteiger partial charge < -0.3 is 0 Å². The highest BCUT2D eigenvalue weighted by Crippen LogP contribution is 2.40. The molecule has 0 spiro atoms. The number of pyridine rings is 1. The zero-order valence-corrected chi connectivity index (χ0v) is 33.3. The second-order valence-corrected chi connectivity index (χ2v) is 13.4. The van der Waals surface area contributed by atoms with E-state index in [0.717, 1.165) is 75.2 Å². The highest BCUT2D eigenvalue weighted by atomic mass is 14.7. The maximum atomic E-state index is 5.39. The first-order valence-electron chi connectivity index (χ1n) is 19.2. The van der Waals surface area contributed by atoms with Gasteiger partial charge >= 0.3 is 0 Å². The molecule has 0 N–H and O–H groups in total. The standard InChI is InChI=1S/C53H57N/c1-10-15-17-20-32-47(38-48-33-26-25-27-43(48)12-3)39(6)35-36-44(13-4)50(37-40(7)45-28-21-18-22-29-45)42(9)52-49(14-5)41(8)51(34-16-11-2)54-53(52)46-30-23-19-24-31-46/h10,12-13,15-31,33-36,38H,3,6-7,11,14,32,37H2,1-2,4-5,8-9H3/b15-10-,20-17-,34-16-,36-35-,44-13-,47-38+,50-42+. The van der Waals surface area contributed by atoms with Crippen LogP contribution in [0.3, 0.4) is 0 Å². The summed E-state index contributed by atoms with van der Waals surface area (Å²) in [5.74, 6) is 0. The van der Waals surface area contributed by atoms with E-state index >= 15 is 0 Å². The van der Waals surface area contributed by atoms with Crippen LogP contribution >= 0.6 is 0 Å². The van der Waals surface area contributed by atoms with E-state index in [-0.39, 0.29) is 0 Å². The maximum absolute atomic E-state index is 5.39. The molecule has 0 aliphatic heterocycles. The largest absolute Gasteiger partial charge is 0.247 e. The molecule has 1 heterocycles. The van der Waals surface area contributed by atoms with Gasteiger partial charge in [-0.25, -0.2) is 4.98 Å². The highest BCUT2D eigenvalue weighted by molar-refractivity contribution is 5.87. The third-order valence-electron chi connectivity index (χ3n) is 9.78. The minimum atomic E-state index is 0.682. The van der Waals surface area contributed by atoms with Crippen LogP contribution in [-0.4, -0.2) is 4.98 Å². The topological polar surface area (TPSA) is 12.9 Å². The van der Waals surface area contributed by atoms with Crippen molar-refractivity contribution in [3.8, 4) is 11.3 Å². The fourth-order valence-electron chi connectivity index (χ4n) is 6.73. The molecule has 1 aromatic heterocycles. The lowest BCUT2D eigenvalue weighted by Gasteiger charge is -2.23. The summed E-state index contributed by atoms with van der Waals surface area (Å²) in [6.45, 7) is 26.3. The lowest BCUT2D eigenvalue weighted by Crippen LogP contribution is -2.06. The molecule has 3 aromatic carbocycles. The van der Waals surface area contributed by atoms with E-state index in [2.05, 4.69) is 188 Å². The molecule has 0 fully saturated rings. The minimum Gasteiger partial charge on any atom is -0.247 e. The number of aromatic nitrogens is 1. The van der Waals surface area contributed by atoms with Crippen molar-refractivity contribution in [3.05, 3.63) is 215 Å². The van der Waals surface area contributed by atoms with Crippen LogP contribution in [0.15, 0.2) is 176 Å². The summed E-state index contributed by atoms with van der Waals surface area (Å²) in [5, 5.41) is 0. The second kappa shape index (κ2) is 21.0. The number of benzene rings is 3. The number of hydrogen-bond donors (Lipinski definition) is 0. The Labute approximate surface area is 326 Å². The van der Waals surface area contributed by atoms with Gasteiger partial charge in [-0.2, -0.15) is 0 Å². The molecule has 0 saturated heterocycles. The first-order valence-corrected chi connectivity index (χ1v) is 19.2. The molecular weight excluding hydrogens is 651 g/mol. The van der Waals surface area contributed by atoms with Crippen LogP contribution in [0.2, 0.25) is 0 Å². The Balaban J connectivity index is 1.95. The summed E-state index contributed by atoms with van der Waals surface area (Å²) in [6.07, 6.45) is 26.8. The molecule has 0 saturated carbocycles. The molecule has 0 amide bonds. The molecule has 0 aliphatic carbocycles. The second-order valence-electron chi connectivity index (χ2n) is 13.4. The maximum Gasteiger partial charge on any atom is 0.0787 e. The van der Waals surface area contributed by atoms with E-state index in [1.54, 1.807) is 0 Å². The smallest absolute Gasteiger partial charge is 0.0787 e. The van der Waals surface area contributed by atoms with Crippen LogP contribution in [0.25, 0.3) is 40.6 Å². The molecular formula is C53H57N. The van der Waals surface area contributed by atoms with Gasteiger partial charge in [0.2, 0.25) is 0 Å². The van der Waals surface area contributed by atoms with Gasteiger partial charge in [-0.3, -0.25) is 0 Å². The number of rotatable bonds is 17. The monoisotopic (exact) mass is 707 g/mol. The third-order valence-corrected chi connectivity index (χ3v) is 9.78. The first-order chi connectivity index (χ1) is 26.3. The third kappa shape index (κ3) is 10.6. The fourth-order valence-corrected chi connectivity index (χ4v) is 6.73. The quantitative estimate of drug-likeness (QED) is 0.0996. The average molecular weight is 708 g/mol. The molecule has 4 rings (SSSR count). The van der Waals surface area contributed by atoms with Crippen molar-refractivity contribution in [2.45, 2.75) is 67.2 Å². The minimum absolute atomic E-state index is 0.682. The van der Waals surface area contributed by atoms with Gasteiger partial charge in [0.15, 0.2) is 0 Å². The van der Waals surface area contributed by atoms with Crippen LogP contribution in [0.1, 0.15) is 93.0 Å². The Kier molecular flexibility index (Phi) is 16.0. The van der Waals surface area contributed by atoms with E-state index in [1.807, 2.05) is 25.1 Å². The van der Waals surface area contributed by atoms with Crippen molar-refractivity contribution >= 4 is 29.4 Å². The van der Waals surface area contributed by atoms with Crippen molar-refractivity contribution in [3.63, 3.8) is 0 Å². The average Bonchev–Trinajstić information content (AvgIpc) is 3.21. The normalized spacial score (nSPS) is 13.0. The Hall–Kier alpha value is -5.79. The van der Waals surface area contributed by atoms with Crippen LogP contribution in [0, 0.1) is 6.92 Å². The number of nitrogens with zero attached hydrogens (tertiary/aromatic N) is 1. The Bertz CT molecular complexity index is 2140. The van der Waals surface area contributed by atoms with Crippen LogP contribution < -0.4 is 0 Å². The lowest BCUT2D eigenvalue weighted by molar-refractivity contribution is 1.06. The molecule has 54 heavy (non-hydrogen) atoms. The first kappa shape index (κ1) is 41.0. The molecule has 1 heteroatoms. The van der Waals surface area contributed by atoms with Gasteiger partial charge in [0.25, 0.3) is 0 Å². The fraction of sp³-hybridized carbons (Fsp3) is 0.189. The van der Waals surface area contributed by atoms with Gasteiger partial charge in [-0.05, 0) is 121 Å². The van der Waals surface area contributed by atoms with Crippen LogP contribution in [0.5, 0.6) is 0 Å². The molecule has 4 aromatic rings. The molecule has 0 bridgehead atoms. The number of allylic oxidation sites excluding steroid dienone is 14. The van der Waals surface area contributed by atoms with Gasteiger partial charge in [0.1, 0.15) is 0 Å². The summed E-state index contributed by atoms with van der Waals surface area (Å²) in [7, 11) is 0. The van der Waals surface area contributed by atoms with Crippen molar-refractivity contribution in [1.29, 1.82) is 0 Å². The van der Waals surface area contributed by atoms with Crippen molar-refractivity contribution in [1.82, 2.24) is 4.98 Å². The highest BCUT2D eigenvalue weighted by Gasteiger charge is 2.21. The van der Waals surface area contributed by atoms with Crippen LogP contribution in [-0.2, 0) is 6.42 Å². The van der Waals surface area contributed by atoms with Crippen molar-refractivity contribution in [2.24, 2.45) is 0 Å². The summed E-state index contributed by atoms with van der Waals surface area (Å²) >= 11 is 0. The summed E-state index contributed by atoms with van der Waals surface area (Å²) in [5.41, 5.74) is 17.0. The molecule has 274 valence electrons. The zero-order chi connectivity index (χ0) is 38.9. The lowest BCUT2D eigenvalue weighted by atomic mass is 9.83. The van der Waals surface area contributed by atoms with E-state index in [1.165, 1.54) is 27.8 Å². The van der Waals surface area contributed by atoms with Gasteiger partial charge in [0.05, 0.1) is 11.4 Å². The van der Waals surface area contributed by atoms with Crippen molar-refractivity contribution < 1.29 is 0 Å². The molecule has 0 atom stereocenters. The van der Waals surface area contributed by atoms with Gasteiger partial charge in [-0.1, -0.05) is 179 Å². The predicted molar refractivity (Wildman–Crippen MR) is 241 cm³/mol. The molecule has 0 aliphatic rings. The molecule has 1 nitrogen and oxygen atoms in total. The SMILES string of the molecule is C=Cc1ccccc1/C=C(\C/C=C\C=C/C)C(=C)\C=C/C(=C/C)C(/CC(=C)c1ccccc1)=C(\C)c1c(-c2ccccc2)nc(/C=C\CC)c(C)c1CC. The van der Waals surface area contributed by atoms with Crippen LogP contribution in [0.4, 0.5) is 0 Å². The van der Waals surface area contributed by atoms with E-state index < -0.39 is 0 Å². The molecule has 0 unspecified atom stereocenters. The Morgan fingerprint density at radius 3 is 2.09 bits per heavy atom. The Morgan fingerprint density at radius 1 is 0.796 bits per heavy atom.